The lowest BCUT2D eigenvalue weighted by molar-refractivity contribution is -0.384. The molecule has 0 saturated heterocycles. The van der Waals surface area contributed by atoms with E-state index in [4.69, 9.17) is 4.74 Å². The van der Waals surface area contributed by atoms with Gasteiger partial charge in [0.2, 0.25) is 0 Å². The summed E-state index contributed by atoms with van der Waals surface area (Å²) in [7, 11) is 0. The number of halogens is 3. The van der Waals surface area contributed by atoms with E-state index >= 15 is 0 Å². The number of hydrogen-bond donors (Lipinski definition) is 1. The zero-order chi connectivity index (χ0) is 15.5. The first-order valence-corrected chi connectivity index (χ1v) is 6.28. The first kappa shape index (κ1) is 15.1. The summed E-state index contributed by atoms with van der Waals surface area (Å²) in [6.07, 6.45) is 0.227. The van der Waals surface area contributed by atoms with Crippen molar-refractivity contribution in [1.82, 2.24) is 0 Å². The van der Waals surface area contributed by atoms with E-state index in [9.17, 15) is 23.3 Å². The number of nitrogens with one attached hydrogen (secondary N) is 1. The number of hydrogen-bond acceptors (Lipinski definition) is 4. The molecule has 1 N–H and O–H groups in total. The first-order chi connectivity index (χ1) is 9.88. The second-order valence-corrected chi connectivity index (χ2v) is 4.57. The highest BCUT2D eigenvalue weighted by molar-refractivity contribution is 5.63. The van der Waals surface area contributed by atoms with Crippen molar-refractivity contribution in [2.45, 2.75) is 25.1 Å². The Morgan fingerprint density at radius 1 is 1.43 bits per heavy atom. The normalized spacial score (nSPS) is 18.1. The lowest BCUT2D eigenvalue weighted by Gasteiger charge is -2.20. The quantitative estimate of drug-likeness (QED) is 0.680. The van der Waals surface area contributed by atoms with E-state index < -0.39 is 22.4 Å². The summed E-state index contributed by atoms with van der Waals surface area (Å²) in [5.41, 5.74) is -1.60. The number of nitrogens with zero attached hydrogens (tertiary/aromatic N) is 1. The summed E-state index contributed by atoms with van der Waals surface area (Å²) in [4.78, 5) is 10.1. The van der Waals surface area contributed by atoms with Crippen molar-refractivity contribution >= 4 is 11.4 Å². The summed E-state index contributed by atoms with van der Waals surface area (Å²) < 4.78 is 43.0. The van der Waals surface area contributed by atoms with E-state index in [2.05, 4.69) is 5.32 Å². The van der Waals surface area contributed by atoms with Crippen LogP contribution in [0.2, 0.25) is 0 Å². The van der Waals surface area contributed by atoms with Crippen LogP contribution in [-0.4, -0.2) is 17.6 Å². The van der Waals surface area contributed by atoms with Gasteiger partial charge in [-0.05, 0) is 31.1 Å². The molecule has 0 saturated carbocycles. The van der Waals surface area contributed by atoms with Gasteiger partial charge >= 0.3 is 6.18 Å². The standard InChI is InChI=1S/C13H13F3N2O3/c14-13(15,16)9-4-5-11(12(7-9)18(19)20)17-8-10-3-1-2-6-21-10/h2,4-7,10,17H,1,3,8H2. The third-order valence-corrected chi connectivity index (χ3v) is 3.06. The molecule has 1 aliphatic heterocycles. The third kappa shape index (κ3) is 3.87. The molecule has 114 valence electrons. The Bertz CT molecular complexity index is 558. The van der Waals surface area contributed by atoms with Gasteiger partial charge in [0.15, 0.2) is 0 Å². The van der Waals surface area contributed by atoms with Crippen LogP contribution in [0.4, 0.5) is 24.5 Å². The number of rotatable bonds is 4. The zero-order valence-corrected chi connectivity index (χ0v) is 10.9. The number of allylic oxidation sites excluding steroid dienone is 1. The van der Waals surface area contributed by atoms with Crippen LogP contribution in [0.1, 0.15) is 18.4 Å². The predicted octanol–water partition coefficient (Wildman–Crippen LogP) is 3.72. The molecule has 0 fully saturated rings. The highest BCUT2D eigenvalue weighted by atomic mass is 19.4. The van der Waals surface area contributed by atoms with Crippen molar-refractivity contribution < 1.29 is 22.8 Å². The minimum atomic E-state index is -4.61. The van der Waals surface area contributed by atoms with Gasteiger partial charge in [0, 0.05) is 6.07 Å². The van der Waals surface area contributed by atoms with Crippen LogP contribution < -0.4 is 5.32 Å². The molecular weight excluding hydrogens is 289 g/mol. The molecule has 5 nitrogen and oxygen atoms in total. The van der Waals surface area contributed by atoms with Crippen LogP contribution in [0.3, 0.4) is 0 Å². The Balaban J connectivity index is 2.14. The van der Waals surface area contributed by atoms with Crippen LogP contribution in [0.5, 0.6) is 0 Å². The molecule has 1 heterocycles. The number of benzene rings is 1. The first-order valence-electron chi connectivity index (χ1n) is 6.28. The van der Waals surface area contributed by atoms with Crippen molar-refractivity contribution in [2.75, 3.05) is 11.9 Å². The molecular formula is C13H13F3N2O3. The molecule has 1 unspecified atom stereocenters. The fraction of sp³-hybridized carbons (Fsp3) is 0.385. The molecule has 1 aromatic carbocycles. The van der Waals surface area contributed by atoms with Crippen molar-refractivity contribution in [3.8, 4) is 0 Å². The molecule has 2 rings (SSSR count). The summed E-state index contributed by atoms with van der Waals surface area (Å²) in [6, 6.07) is 2.42. The van der Waals surface area contributed by atoms with Crippen molar-refractivity contribution in [1.29, 1.82) is 0 Å². The highest BCUT2D eigenvalue weighted by Crippen LogP contribution is 2.35. The number of ether oxygens (including phenoxy) is 1. The maximum Gasteiger partial charge on any atom is 0.416 e. The number of alkyl halides is 3. The Kier molecular flexibility index (Phi) is 4.35. The van der Waals surface area contributed by atoms with Crippen LogP contribution in [0.15, 0.2) is 30.5 Å². The van der Waals surface area contributed by atoms with Gasteiger partial charge in [-0.25, -0.2) is 0 Å². The van der Waals surface area contributed by atoms with Crippen LogP contribution in [0, 0.1) is 10.1 Å². The average Bonchev–Trinajstić information content (AvgIpc) is 2.45. The Morgan fingerprint density at radius 2 is 2.19 bits per heavy atom. The topological polar surface area (TPSA) is 64.4 Å². The summed E-state index contributed by atoms with van der Waals surface area (Å²) >= 11 is 0. The van der Waals surface area contributed by atoms with Gasteiger partial charge in [0.1, 0.15) is 11.8 Å². The fourth-order valence-corrected chi connectivity index (χ4v) is 1.97. The van der Waals surface area contributed by atoms with Crippen LogP contribution >= 0.6 is 0 Å². The van der Waals surface area contributed by atoms with Gasteiger partial charge in [-0.3, -0.25) is 10.1 Å². The summed E-state index contributed by atoms with van der Waals surface area (Å²) in [5.74, 6) is 0. The lowest BCUT2D eigenvalue weighted by Crippen LogP contribution is -2.23. The largest absolute Gasteiger partial charge is 0.497 e. The van der Waals surface area contributed by atoms with E-state index in [0.29, 0.717) is 6.07 Å². The SMILES string of the molecule is O=[N+]([O-])c1cc(C(F)(F)F)ccc1NCC1CCC=CO1. The Morgan fingerprint density at radius 3 is 2.76 bits per heavy atom. The smallest absolute Gasteiger partial charge is 0.416 e. The second-order valence-electron chi connectivity index (χ2n) is 4.57. The summed E-state index contributed by atoms with van der Waals surface area (Å²) in [5, 5.41) is 13.7. The Labute approximate surface area is 118 Å². The maximum absolute atomic E-state index is 12.6. The van der Waals surface area contributed by atoms with Crippen molar-refractivity contribution in [3.63, 3.8) is 0 Å². The van der Waals surface area contributed by atoms with Gasteiger partial charge in [-0.15, -0.1) is 0 Å². The molecule has 8 heteroatoms. The second kappa shape index (κ2) is 6.02. The zero-order valence-electron chi connectivity index (χ0n) is 10.9. The molecule has 0 radical (unpaired) electrons. The average molecular weight is 302 g/mol. The molecule has 0 aromatic heterocycles. The maximum atomic E-state index is 12.6. The monoisotopic (exact) mass is 302 g/mol. The van der Waals surface area contributed by atoms with E-state index in [1.807, 2.05) is 6.08 Å². The molecule has 1 atom stereocenters. The molecule has 0 amide bonds. The van der Waals surface area contributed by atoms with E-state index in [1.54, 1.807) is 6.26 Å². The van der Waals surface area contributed by atoms with Gasteiger partial charge in [0.25, 0.3) is 5.69 Å². The number of nitro groups is 1. The molecule has 0 spiro atoms. The molecule has 1 aliphatic rings. The molecule has 0 bridgehead atoms. The molecule has 1 aromatic rings. The molecule has 21 heavy (non-hydrogen) atoms. The van der Waals surface area contributed by atoms with Gasteiger partial charge in [-0.2, -0.15) is 13.2 Å². The lowest BCUT2D eigenvalue weighted by atomic mass is 10.1. The van der Waals surface area contributed by atoms with Gasteiger partial charge < -0.3 is 10.1 Å². The van der Waals surface area contributed by atoms with Crippen LogP contribution in [0.25, 0.3) is 0 Å². The van der Waals surface area contributed by atoms with Gasteiger partial charge in [0.05, 0.1) is 23.3 Å². The minimum Gasteiger partial charge on any atom is -0.497 e. The van der Waals surface area contributed by atoms with Crippen LogP contribution in [-0.2, 0) is 10.9 Å². The Hall–Kier alpha value is -2.25. The molecule has 0 aliphatic carbocycles. The van der Waals surface area contributed by atoms with E-state index in [1.165, 1.54) is 0 Å². The number of nitro benzene ring substituents is 1. The highest BCUT2D eigenvalue weighted by Gasteiger charge is 2.33. The van der Waals surface area contributed by atoms with E-state index in [0.717, 1.165) is 25.0 Å². The minimum absolute atomic E-state index is 0.0474. The summed E-state index contributed by atoms with van der Waals surface area (Å²) in [6.45, 7) is 0.288. The van der Waals surface area contributed by atoms with Crippen molar-refractivity contribution in [2.24, 2.45) is 0 Å². The predicted molar refractivity (Wildman–Crippen MR) is 69.8 cm³/mol. The van der Waals surface area contributed by atoms with Crippen molar-refractivity contribution in [3.05, 3.63) is 46.2 Å². The van der Waals surface area contributed by atoms with E-state index in [-0.39, 0.29) is 18.3 Å². The number of anilines is 1. The fourth-order valence-electron chi connectivity index (χ4n) is 1.97. The van der Waals surface area contributed by atoms with Gasteiger partial charge in [-0.1, -0.05) is 0 Å². The third-order valence-electron chi connectivity index (χ3n) is 3.06.